The number of H-pyrrole nitrogens is 1. The van der Waals surface area contributed by atoms with Crippen molar-refractivity contribution >= 4 is 11.9 Å². The highest BCUT2D eigenvalue weighted by atomic mass is 16.5. The molecule has 0 aliphatic heterocycles. The molecule has 8 heteroatoms. The van der Waals surface area contributed by atoms with Gasteiger partial charge in [-0.1, -0.05) is 48.5 Å². The fourth-order valence-corrected chi connectivity index (χ4v) is 3.91. The predicted molar refractivity (Wildman–Crippen MR) is 115 cm³/mol. The maximum Gasteiger partial charge on any atom is 0.412 e. The van der Waals surface area contributed by atoms with Gasteiger partial charge in [-0.25, -0.2) is 9.48 Å². The van der Waals surface area contributed by atoms with Gasteiger partial charge in [0, 0.05) is 12.0 Å². The molecule has 31 heavy (non-hydrogen) atoms. The molecule has 0 fully saturated rings. The molecule has 0 spiro atoms. The molecule has 2 heterocycles. The van der Waals surface area contributed by atoms with Crippen LogP contribution in [0.25, 0.3) is 16.9 Å². The van der Waals surface area contributed by atoms with Gasteiger partial charge in [0.05, 0.1) is 5.69 Å². The Labute approximate surface area is 177 Å². The monoisotopic (exact) mass is 413 g/mol. The Kier molecular flexibility index (Phi) is 4.59. The van der Waals surface area contributed by atoms with E-state index in [1.54, 1.807) is 12.1 Å². The summed E-state index contributed by atoms with van der Waals surface area (Å²) in [5, 5.41) is 13.2. The number of amides is 1. The molecule has 2 N–H and O–H groups in total. The van der Waals surface area contributed by atoms with E-state index in [9.17, 15) is 9.59 Å². The molecule has 0 unspecified atom stereocenters. The molecule has 8 nitrogen and oxygen atoms in total. The molecule has 0 atom stereocenters. The molecular formula is C23H19N5O3. The molecule has 2 aromatic carbocycles. The number of ether oxygens (including phenoxy) is 1. The van der Waals surface area contributed by atoms with Crippen molar-refractivity contribution in [3.05, 3.63) is 93.9 Å². The van der Waals surface area contributed by atoms with E-state index in [0.29, 0.717) is 5.82 Å². The number of carbonyl (C=O) groups is 1. The zero-order valence-electron chi connectivity index (χ0n) is 16.7. The SMILES string of the molecule is Cc1ccc(-n2[nH]c(=O)cc2NC(=O)OCC2c3ccccc3-c3ccccc32)nn1. The molecule has 1 aliphatic rings. The van der Waals surface area contributed by atoms with Gasteiger partial charge in [0.2, 0.25) is 0 Å². The van der Waals surface area contributed by atoms with Crippen molar-refractivity contribution in [2.45, 2.75) is 12.8 Å². The summed E-state index contributed by atoms with van der Waals surface area (Å²) in [5.41, 5.74) is 4.93. The lowest BCUT2D eigenvalue weighted by Gasteiger charge is -2.15. The predicted octanol–water partition coefficient (Wildman–Crippen LogP) is 3.63. The van der Waals surface area contributed by atoms with Crippen molar-refractivity contribution < 1.29 is 9.53 Å². The third kappa shape index (κ3) is 3.48. The number of fused-ring (bicyclic) bond motifs is 3. The lowest BCUT2D eigenvalue weighted by atomic mass is 9.98. The van der Waals surface area contributed by atoms with Gasteiger partial charge < -0.3 is 4.74 Å². The van der Waals surface area contributed by atoms with Crippen LogP contribution in [0.1, 0.15) is 22.7 Å². The van der Waals surface area contributed by atoms with Gasteiger partial charge >= 0.3 is 6.09 Å². The topological polar surface area (TPSA) is 102 Å². The quantitative estimate of drug-likeness (QED) is 0.532. The third-order valence-corrected chi connectivity index (χ3v) is 5.32. The molecule has 0 bridgehead atoms. The van der Waals surface area contributed by atoms with Crippen LogP contribution in [0.3, 0.4) is 0 Å². The molecule has 0 saturated heterocycles. The maximum absolute atomic E-state index is 12.5. The van der Waals surface area contributed by atoms with Crippen molar-refractivity contribution in [2.24, 2.45) is 0 Å². The molecule has 0 saturated carbocycles. The first-order chi connectivity index (χ1) is 15.1. The summed E-state index contributed by atoms with van der Waals surface area (Å²) in [6, 6.07) is 21.0. The van der Waals surface area contributed by atoms with E-state index in [1.807, 2.05) is 31.2 Å². The van der Waals surface area contributed by atoms with Crippen LogP contribution in [-0.4, -0.2) is 32.7 Å². The normalized spacial score (nSPS) is 12.3. The van der Waals surface area contributed by atoms with Crippen LogP contribution in [0.2, 0.25) is 0 Å². The summed E-state index contributed by atoms with van der Waals surface area (Å²) < 4.78 is 6.90. The van der Waals surface area contributed by atoms with Crippen LogP contribution in [-0.2, 0) is 4.74 Å². The zero-order valence-corrected chi connectivity index (χ0v) is 16.7. The van der Waals surface area contributed by atoms with Crippen molar-refractivity contribution in [3.8, 4) is 16.9 Å². The first-order valence-corrected chi connectivity index (χ1v) is 9.85. The van der Waals surface area contributed by atoms with Gasteiger partial charge in [0.15, 0.2) is 5.82 Å². The van der Waals surface area contributed by atoms with Crippen molar-refractivity contribution in [1.82, 2.24) is 20.0 Å². The van der Waals surface area contributed by atoms with Gasteiger partial charge in [-0.15, -0.1) is 5.10 Å². The molecule has 4 aromatic rings. The van der Waals surface area contributed by atoms with E-state index in [-0.39, 0.29) is 23.9 Å². The first kappa shape index (κ1) is 18.8. The summed E-state index contributed by atoms with van der Waals surface area (Å²) in [6.07, 6.45) is -0.658. The lowest BCUT2D eigenvalue weighted by molar-refractivity contribution is 0.158. The van der Waals surface area contributed by atoms with Gasteiger partial charge in [-0.3, -0.25) is 15.2 Å². The number of aryl methyl sites for hydroxylation is 1. The minimum Gasteiger partial charge on any atom is -0.448 e. The van der Waals surface area contributed by atoms with Crippen LogP contribution >= 0.6 is 0 Å². The number of carbonyl (C=O) groups excluding carboxylic acids is 1. The van der Waals surface area contributed by atoms with Crippen LogP contribution < -0.4 is 10.9 Å². The van der Waals surface area contributed by atoms with Crippen molar-refractivity contribution in [1.29, 1.82) is 0 Å². The summed E-state index contributed by atoms with van der Waals surface area (Å²) >= 11 is 0. The number of nitrogens with one attached hydrogen (secondary N) is 2. The summed E-state index contributed by atoms with van der Waals surface area (Å²) in [5.74, 6) is 0.552. The average Bonchev–Trinajstić information content (AvgIpc) is 3.30. The maximum atomic E-state index is 12.5. The van der Waals surface area contributed by atoms with Crippen LogP contribution in [0, 0.1) is 6.92 Å². The zero-order chi connectivity index (χ0) is 21.4. The number of hydrogen-bond donors (Lipinski definition) is 2. The summed E-state index contributed by atoms with van der Waals surface area (Å²) in [6.45, 7) is 1.99. The Morgan fingerprint density at radius 2 is 1.71 bits per heavy atom. The summed E-state index contributed by atoms with van der Waals surface area (Å²) in [4.78, 5) is 24.4. The van der Waals surface area contributed by atoms with Crippen molar-refractivity contribution in [2.75, 3.05) is 11.9 Å². The lowest BCUT2D eigenvalue weighted by Crippen LogP contribution is -2.20. The van der Waals surface area contributed by atoms with Gasteiger partial charge in [-0.05, 0) is 41.3 Å². The number of aromatic amines is 1. The van der Waals surface area contributed by atoms with E-state index in [1.165, 1.54) is 10.7 Å². The Balaban J connectivity index is 1.34. The smallest absolute Gasteiger partial charge is 0.412 e. The van der Waals surface area contributed by atoms with Crippen LogP contribution in [0.4, 0.5) is 10.6 Å². The molecular weight excluding hydrogens is 394 g/mol. The second-order valence-corrected chi connectivity index (χ2v) is 7.32. The number of nitrogens with zero attached hydrogens (tertiary/aromatic N) is 3. The van der Waals surface area contributed by atoms with Gasteiger partial charge in [0.25, 0.3) is 5.56 Å². The fourth-order valence-electron chi connectivity index (χ4n) is 3.91. The minimum absolute atomic E-state index is 0.0467. The minimum atomic E-state index is -0.658. The molecule has 5 rings (SSSR count). The highest BCUT2D eigenvalue weighted by molar-refractivity contribution is 5.84. The summed E-state index contributed by atoms with van der Waals surface area (Å²) in [7, 11) is 0. The van der Waals surface area contributed by atoms with Gasteiger partial charge in [-0.2, -0.15) is 5.10 Å². The standard InChI is InChI=1S/C23H19N5O3/c1-14-10-11-20(26-25-14)28-21(12-22(29)27-28)24-23(30)31-13-19-17-8-4-2-6-15(17)16-7-3-5-9-18(16)19/h2-12,19H,13H2,1H3,(H,24,30)(H,27,29). The largest absolute Gasteiger partial charge is 0.448 e. The van der Waals surface area contributed by atoms with Gasteiger partial charge in [0.1, 0.15) is 12.4 Å². The fraction of sp³-hybridized carbons (Fsp3) is 0.130. The van der Waals surface area contributed by atoms with E-state index in [2.05, 4.69) is 44.9 Å². The second-order valence-electron chi connectivity index (χ2n) is 7.32. The molecule has 154 valence electrons. The Bertz CT molecular complexity index is 1280. The van der Waals surface area contributed by atoms with E-state index in [4.69, 9.17) is 4.74 Å². The molecule has 1 aliphatic carbocycles. The van der Waals surface area contributed by atoms with E-state index in [0.717, 1.165) is 27.9 Å². The van der Waals surface area contributed by atoms with Crippen LogP contribution in [0.15, 0.2) is 71.5 Å². The van der Waals surface area contributed by atoms with Crippen LogP contribution in [0.5, 0.6) is 0 Å². The van der Waals surface area contributed by atoms with Crippen molar-refractivity contribution in [3.63, 3.8) is 0 Å². The number of hydrogen-bond acceptors (Lipinski definition) is 5. The first-order valence-electron chi connectivity index (χ1n) is 9.85. The van der Waals surface area contributed by atoms with E-state index < -0.39 is 6.09 Å². The number of anilines is 1. The third-order valence-electron chi connectivity index (χ3n) is 5.32. The second kappa shape index (κ2) is 7.56. The average molecular weight is 413 g/mol. The molecule has 0 radical (unpaired) electrons. The van der Waals surface area contributed by atoms with E-state index >= 15 is 0 Å². The molecule has 1 amide bonds. The number of aromatic nitrogens is 4. The highest BCUT2D eigenvalue weighted by Gasteiger charge is 2.29. The number of benzene rings is 2. The molecule has 2 aromatic heterocycles. The highest BCUT2D eigenvalue weighted by Crippen LogP contribution is 2.44. The number of rotatable bonds is 4. The Morgan fingerprint density at radius 1 is 1.03 bits per heavy atom. The Morgan fingerprint density at radius 3 is 2.35 bits per heavy atom. The Hall–Kier alpha value is -4.20.